The Morgan fingerprint density at radius 3 is 3.00 bits per heavy atom. The van der Waals surface area contributed by atoms with Crippen LogP contribution >= 0.6 is 11.6 Å². The van der Waals surface area contributed by atoms with Crippen molar-refractivity contribution in [1.29, 1.82) is 5.26 Å². The topological polar surface area (TPSA) is 48.8 Å². The highest BCUT2D eigenvalue weighted by molar-refractivity contribution is 6.31. The number of hydrogen-bond acceptors (Lipinski definition) is 2. The van der Waals surface area contributed by atoms with Gasteiger partial charge in [0, 0.05) is 16.6 Å². The molecule has 0 radical (unpaired) electrons. The van der Waals surface area contributed by atoms with Crippen LogP contribution in [0.25, 0.3) is 10.9 Å². The number of fused-ring (bicyclic) bond motifs is 1. The van der Waals surface area contributed by atoms with Gasteiger partial charge in [-0.2, -0.15) is 5.26 Å². The lowest BCUT2D eigenvalue weighted by Gasteiger charge is -2.03. The lowest BCUT2D eigenvalue weighted by molar-refractivity contribution is 0.419. The van der Waals surface area contributed by atoms with Gasteiger partial charge in [-0.05, 0) is 17.7 Å². The fraction of sp³-hybridized carbons (Fsp3) is 0.182. The van der Waals surface area contributed by atoms with Gasteiger partial charge < -0.3 is 9.72 Å². The molecule has 0 aliphatic carbocycles. The number of benzene rings is 1. The predicted molar refractivity (Wildman–Crippen MR) is 59.2 cm³/mol. The molecule has 0 aliphatic rings. The zero-order valence-electron chi connectivity index (χ0n) is 8.17. The number of nitrogens with one attached hydrogen (secondary N) is 1. The van der Waals surface area contributed by atoms with Crippen molar-refractivity contribution in [3.05, 3.63) is 28.9 Å². The largest absolute Gasteiger partial charge is 0.496 e. The zero-order valence-corrected chi connectivity index (χ0v) is 8.93. The van der Waals surface area contributed by atoms with Crippen LogP contribution in [-0.4, -0.2) is 12.1 Å². The van der Waals surface area contributed by atoms with Crippen molar-refractivity contribution >= 4 is 22.5 Å². The maximum Gasteiger partial charge on any atom is 0.130 e. The molecule has 1 N–H and O–H groups in total. The normalized spacial score (nSPS) is 10.2. The Morgan fingerprint density at radius 2 is 2.33 bits per heavy atom. The molecule has 2 rings (SSSR count). The number of methoxy groups -OCH3 is 1. The van der Waals surface area contributed by atoms with Crippen molar-refractivity contribution in [2.45, 2.75) is 6.42 Å². The highest BCUT2D eigenvalue weighted by atomic mass is 35.5. The average Bonchev–Trinajstić information content (AvgIpc) is 2.61. The molecule has 3 nitrogen and oxygen atoms in total. The first-order valence-electron chi connectivity index (χ1n) is 4.46. The number of halogens is 1. The summed E-state index contributed by atoms with van der Waals surface area (Å²) in [5.74, 6) is 0.698. The van der Waals surface area contributed by atoms with Crippen molar-refractivity contribution in [3.8, 4) is 11.8 Å². The number of hydrogen-bond donors (Lipinski definition) is 1. The highest BCUT2D eigenvalue weighted by Gasteiger charge is 2.10. The number of ether oxygens (including phenoxy) is 1. The molecule has 0 amide bonds. The van der Waals surface area contributed by atoms with Crippen molar-refractivity contribution in [1.82, 2.24) is 4.98 Å². The van der Waals surface area contributed by atoms with Crippen LogP contribution in [0.4, 0.5) is 0 Å². The van der Waals surface area contributed by atoms with E-state index < -0.39 is 0 Å². The number of rotatable bonds is 2. The lowest BCUT2D eigenvalue weighted by Crippen LogP contribution is -1.86. The fourth-order valence-electron chi connectivity index (χ4n) is 1.65. The summed E-state index contributed by atoms with van der Waals surface area (Å²) in [5.41, 5.74) is 1.82. The molecule has 0 bridgehead atoms. The molecule has 0 atom stereocenters. The van der Waals surface area contributed by atoms with E-state index in [-0.39, 0.29) is 0 Å². The van der Waals surface area contributed by atoms with Crippen LogP contribution in [0.3, 0.4) is 0 Å². The smallest absolute Gasteiger partial charge is 0.130 e. The average molecular weight is 221 g/mol. The molecule has 0 spiro atoms. The Hall–Kier alpha value is -1.66. The van der Waals surface area contributed by atoms with Gasteiger partial charge in [-0.15, -0.1) is 0 Å². The quantitative estimate of drug-likeness (QED) is 0.846. The standard InChI is InChI=1S/C11H9ClN2O/c1-15-10-5-8(12)4-9-11(10)7(2-3-13)6-14-9/h4-6,14H,2H2,1H3. The predicted octanol–water partition coefficient (Wildman–Crippen LogP) is 2.90. The molecule has 0 unspecified atom stereocenters. The van der Waals surface area contributed by atoms with Crippen LogP contribution in [0.2, 0.25) is 5.02 Å². The molecule has 1 aromatic carbocycles. The zero-order chi connectivity index (χ0) is 10.8. The van der Waals surface area contributed by atoms with Crippen LogP contribution in [0.15, 0.2) is 18.3 Å². The van der Waals surface area contributed by atoms with Crippen LogP contribution < -0.4 is 4.74 Å². The third kappa shape index (κ3) is 1.64. The molecule has 0 saturated heterocycles. The molecule has 76 valence electrons. The number of aromatic amines is 1. The van der Waals surface area contributed by atoms with Crippen LogP contribution in [-0.2, 0) is 6.42 Å². The third-order valence-corrected chi connectivity index (χ3v) is 2.50. The number of H-pyrrole nitrogens is 1. The van der Waals surface area contributed by atoms with Gasteiger partial charge in [0.05, 0.1) is 25.1 Å². The molecule has 15 heavy (non-hydrogen) atoms. The van der Waals surface area contributed by atoms with E-state index in [1.807, 2.05) is 12.3 Å². The van der Waals surface area contributed by atoms with Crippen molar-refractivity contribution < 1.29 is 4.74 Å². The van der Waals surface area contributed by atoms with Crippen molar-refractivity contribution in [2.24, 2.45) is 0 Å². The Morgan fingerprint density at radius 1 is 1.53 bits per heavy atom. The first-order valence-corrected chi connectivity index (χ1v) is 4.84. The highest BCUT2D eigenvalue weighted by Crippen LogP contribution is 2.32. The molecule has 0 saturated carbocycles. The van der Waals surface area contributed by atoms with Gasteiger partial charge in [0.15, 0.2) is 0 Å². The molecule has 2 aromatic rings. The minimum atomic E-state index is 0.359. The van der Waals surface area contributed by atoms with Gasteiger partial charge in [-0.25, -0.2) is 0 Å². The van der Waals surface area contributed by atoms with E-state index in [1.165, 1.54) is 0 Å². The number of aromatic nitrogens is 1. The molecular formula is C11H9ClN2O. The van der Waals surface area contributed by atoms with Crippen LogP contribution in [0, 0.1) is 11.3 Å². The maximum atomic E-state index is 8.68. The van der Waals surface area contributed by atoms with E-state index in [0.717, 1.165) is 16.5 Å². The SMILES string of the molecule is COc1cc(Cl)cc2[nH]cc(CC#N)c12. The second-order valence-electron chi connectivity index (χ2n) is 3.18. The third-order valence-electron chi connectivity index (χ3n) is 2.28. The van der Waals surface area contributed by atoms with E-state index in [9.17, 15) is 0 Å². The second-order valence-corrected chi connectivity index (χ2v) is 3.62. The van der Waals surface area contributed by atoms with Crippen molar-refractivity contribution in [3.63, 3.8) is 0 Å². The van der Waals surface area contributed by atoms with Crippen molar-refractivity contribution in [2.75, 3.05) is 7.11 Å². The van der Waals surface area contributed by atoms with Gasteiger partial charge in [-0.3, -0.25) is 0 Å². The number of nitrogens with zero attached hydrogens (tertiary/aromatic N) is 1. The Bertz CT molecular complexity index is 539. The summed E-state index contributed by atoms with van der Waals surface area (Å²) >= 11 is 5.92. The Kier molecular flexibility index (Phi) is 2.53. The summed E-state index contributed by atoms with van der Waals surface area (Å²) in [4.78, 5) is 3.07. The second kappa shape index (κ2) is 3.84. The van der Waals surface area contributed by atoms with E-state index in [0.29, 0.717) is 17.2 Å². The maximum absolute atomic E-state index is 8.68. The summed E-state index contributed by atoms with van der Waals surface area (Å²) in [7, 11) is 1.59. The monoisotopic (exact) mass is 220 g/mol. The van der Waals surface area contributed by atoms with Gasteiger partial charge in [0.2, 0.25) is 0 Å². The lowest BCUT2D eigenvalue weighted by atomic mass is 10.1. The minimum absolute atomic E-state index is 0.359. The molecule has 0 fully saturated rings. The summed E-state index contributed by atoms with van der Waals surface area (Å²) in [5, 5.41) is 10.2. The van der Waals surface area contributed by atoms with Crippen LogP contribution in [0.1, 0.15) is 5.56 Å². The molecule has 4 heteroatoms. The first-order chi connectivity index (χ1) is 7.26. The van der Waals surface area contributed by atoms with E-state index in [1.54, 1.807) is 13.2 Å². The molecule has 0 aliphatic heterocycles. The van der Waals surface area contributed by atoms with E-state index in [2.05, 4.69) is 11.1 Å². The van der Waals surface area contributed by atoms with Crippen LogP contribution in [0.5, 0.6) is 5.75 Å². The summed E-state index contributed by atoms with van der Waals surface area (Å²) in [6, 6.07) is 5.69. The molecule has 1 heterocycles. The summed E-state index contributed by atoms with van der Waals surface area (Å²) < 4.78 is 5.24. The fourth-order valence-corrected chi connectivity index (χ4v) is 1.86. The van der Waals surface area contributed by atoms with Gasteiger partial charge >= 0.3 is 0 Å². The van der Waals surface area contributed by atoms with Gasteiger partial charge in [0.25, 0.3) is 0 Å². The van der Waals surface area contributed by atoms with E-state index >= 15 is 0 Å². The first kappa shape index (κ1) is 9.88. The Balaban J connectivity index is 2.72. The molecule has 1 aromatic heterocycles. The van der Waals surface area contributed by atoms with E-state index in [4.69, 9.17) is 21.6 Å². The van der Waals surface area contributed by atoms with Gasteiger partial charge in [-0.1, -0.05) is 11.6 Å². The molecular weight excluding hydrogens is 212 g/mol. The van der Waals surface area contributed by atoms with Gasteiger partial charge in [0.1, 0.15) is 5.75 Å². The summed E-state index contributed by atoms with van der Waals surface area (Å²) in [6.45, 7) is 0. The summed E-state index contributed by atoms with van der Waals surface area (Å²) in [6.07, 6.45) is 2.17. The number of nitriles is 1. The minimum Gasteiger partial charge on any atom is -0.496 e. The Labute approximate surface area is 92.2 Å².